The molecule has 0 aromatic heterocycles. The second-order valence-electron chi connectivity index (χ2n) is 4.68. The third-order valence-electron chi connectivity index (χ3n) is 3.08. The van der Waals surface area contributed by atoms with Crippen molar-refractivity contribution in [2.75, 3.05) is 5.32 Å². The maximum absolute atomic E-state index is 12.8. The Balaban J connectivity index is 2.30. The van der Waals surface area contributed by atoms with E-state index in [4.69, 9.17) is 0 Å². The zero-order valence-electron chi connectivity index (χ0n) is 11.7. The van der Waals surface area contributed by atoms with Gasteiger partial charge < -0.3 is 5.32 Å². The van der Waals surface area contributed by atoms with Gasteiger partial charge in [0, 0.05) is 11.3 Å². The molecule has 22 heavy (non-hydrogen) atoms. The number of hydrogen-bond donors (Lipinski definition) is 1. The highest BCUT2D eigenvalue weighted by Crippen LogP contribution is 2.32. The summed E-state index contributed by atoms with van der Waals surface area (Å²) >= 11 is 0. The Bertz CT molecular complexity index is 678. The van der Waals surface area contributed by atoms with Gasteiger partial charge in [0.05, 0.1) is 5.56 Å². The maximum atomic E-state index is 12.8. The van der Waals surface area contributed by atoms with Crippen LogP contribution in [0, 0.1) is 0 Å². The molecular formula is C17H14F3NO. The summed E-state index contributed by atoms with van der Waals surface area (Å²) in [5.41, 5.74) is 0.407. The number of benzene rings is 2. The molecule has 0 atom stereocenters. The monoisotopic (exact) mass is 305 g/mol. The van der Waals surface area contributed by atoms with Gasteiger partial charge in [-0.15, -0.1) is 6.58 Å². The van der Waals surface area contributed by atoms with Gasteiger partial charge in [-0.05, 0) is 42.3 Å². The van der Waals surface area contributed by atoms with Gasteiger partial charge in [0.1, 0.15) is 0 Å². The first-order valence-corrected chi connectivity index (χ1v) is 6.59. The quantitative estimate of drug-likeness (QED) is 0.816. The van der Waals surface area contributed by atoms with E-state index in [9.17, 15) is 18.0 Å². The lowest BCUT2D eigenvalue weighted by Crippen LogP contribution is -2.14. The number of hydrogen-bond acceptors (Lipinski definition) is 1. The number of rotatable bonds is 4. The van der Waals surface area contributed by atoms with Crippen LogP contribution in [0.25, 0.3) is 0 Å². The van der Waals surface area contributed by atoms with Crippen molar-refractivity contribution in [3.8, 4) is 0 Å². The molecule has 2 aromatic carbocycles. The number of allylic oxidation sites excluding steroid dienone is 1. The van der Waals surface area contributed by atoms with Gasteiger partial charge in [0.2, 0.25) is 0 Å². The summed E-state index contributed by atoms with van der Waals surface area (Å²) < 4.78 is 38.3. The number of amides is 1. The molecule has 0 bridgehead atoms. The van der Waals surface area contributed by atoms with Crippen LogP contribution in [0.1, 0.15) is 21.5 Å². The SMILES string of the molecule is C=CCc1cc(C(F)(F)F)ccc1NC(=O)c1ccccc1. The molecule has 2 rings (SSSR count). The molecule has 0 aliphatic carbocycles. The molecule has 1 N–H and O–H groups in total. The lowest BCUT2D eigenvalue weighted by atomic mass is 10.0. The van der Waals surface area contributed by atoms with Crippen LogP contribution < -0.4 is 5.32 Å². The fourth-order valence-electron chi connectivity index (χ4n) is 2.00. The Morgan fingerprint density at radius 1 is 1.14 bits per heavy atom. The fraction of sp³-hybridized carbons (Fsp3) is 0.118. The number of carbonyl (C=O) groups excluding carboxylic acids is 1. The summed E-state index contributed by atoms with van der Waals surface area (Å²) in [6.07, 6.45) is -2.69. The van der Waals surface area contributed by atoms with Crippen molar-refractivity contribution in [1.29, 1.82) is 0 Å². The Morgan fingerprint density at radius 3 is 2.41 bits per heavy atom. The second kappa shape index (κ2) is 6.47. The average molecular weight is 305 g/mol. The van der Waals surface area contributed by atoms with Crippen molar-refractivity contribution >= 4 is 11.6 Å². The predicted octanol–water partition coefficient (Wildman–Crippen LogP) is 4.69. The van der Waals surface area contributed by atoms with Crippen molar-refractivity contribution < 1.29 is 18.0 Å². The first-order chi connectivity index (χ1) is 10.4. The van der Waals surface area contributed by atoms with Crippen molar-refractivity contribution in [3.63, 3.8) is 0 Å². The van der Waals surface area contributed by atoms with Gasteiger partial charge in [0.25, 0.3) is 5.91 Å². The topological polar surface area (TPSA) is 29.1 Å². The highest BCUT2D eigenvalue weighted by molar-refractivity contribution is 6.04. The van der Waals surface area contributed by atoms with E-state index in [2.05, 4.69) is 11.9 Å². The molecule has 5 heteroatoms. The van der Waals surface area contributed by atoms with Crippen LogP contribution in [-0.2, 0) is 12.6 Å². The summed E-state index contributed by atoms with van der Waals surface area (Å²) in [7, 11) is 0. The van der Waals surface area contributed by atoms with Gasteiger partial charge in [-0.1, -0.05) is 24.3 Å². The number of alkyl halides is 3. The van der Waals surface area contributed by atoms with Crippen LogP contribution in [0.4, 0.5) is 18.9 Å². The van der Waals surface area contributed by atoms with Crippen LogP contribution >= 0.6 is 0 Å². The van der Waals surface area contributed by atoms with Crippen LogP contribution in [-0.4, -0.2) is 5.91 Å². The van der Waals surface area contributed by atoms with Crippen molar-refractivity contribution in [3.05, 3.63) is 77.9 Å². The van der Waals surface area contributed by atoms with E-state index < -0.39 is 11.7 Å². The van der Waals surface area contributed by atoms with Gasteiger partial charge in [-0.2, -0.15) is 13.2 Å². The second-order valence-corrected chi connectivity index (χ2v) is 4.68. The Hall–Kier alpha value is -2.56. The third-order valence-corrected chi connectivity index (χ3v) is 3.08. The van der Waals surface area contributed by atoms with E-state index in [-0.39, 0.29) is 12.3 Å². The summed E-state index contributed by atoms with van der Waals surface area (Å²) in [6, 6.07) is 11.7. The van der Waals surface area contributed by atoms with Crippen LogP contribution in [0.3, 0.4) is 0 Å². The lowest BCUT2D eigenvalue weighted by Gasteiger charge is -2.13. The Morgan fingerprint density at radius 2 is 1.82 bits per heavy atom. The summed E-state index contributed by atoms with van der Waals surface area (Å²) in [5, 5.41) is 2.64. The fourth-order valence-corrected chi connectivity index (χ4v) is 2.00. The molecule has 2 nitrogen and oxygen atoms in total. The van der Waals surface area contributed by atoms with E-state index in [0.717, 1.165) is 12.1 Å². The molecule has 0 fully saturated rings. The Labute approximate surface area is 126 Å². The molecule has 0 aliphatic heterocycles. The average Bonchev–Trinajstić information content (AvgIpc) is 2.49. The highest BCUT2D eigenvalue weighted by atomic mass is 19.4. The van der Waals surface area contributed by atoms with E-state index in [1.807, 2.05) is 0 Å². The van der Waals surface area contributed by atoms with Gasteiger partial charge in [-0.3, -0.25) is 4.79 Å². The predicted molar refractivity (Wildman–Crippen MR) is 79.7 cm³/mol. The zero-order valence-corrected chi connectivity index (χ0v) is 11.7. The summed E-state index contributed by atoms with van der Waals surface area (Å²) in [6.45, 7) is 3.53. The lowest BCUT2D eigenvalue weighted by molar-refractivity contribution is -0.137. The minimum atomic E-state index is -4.42. The maximum Gasteiger partial charge on any atom is 0.416 e. The number of anilines is 1. The molecule has 0 unspecified atom stereocenters. The smallest absolute Gasteiger partial charge is 0.322 e. The normalized spacial score (nSPS) is 11.0. The van der Waals surface area contributed by atoms with Crippen molar-refractivity contribution in [1.82, 2.24) is 0 Å². The molecule has 0 spiro atoms. The van der Waals surface area contributed by atoms with Crippen LogP contribution in [0.5, 0.6) is 0 Å². The first kappa shape index (κ1) is 15.8. The van der Waals surface area contributed by atoms with Gasteiger partial charge in [-0.25, -0.2) is 0 Å². The van der Waals surface area contributed by atoms with Crippen LogP contribution in [0.15, 0.2) is 61.2 Å². The van der Waals surface area contributed by atoms with Gasteiger partial charge >= 0.3 is 6.18 Å². The minimum Gasteiger partial charge on any atom is -0.322 e. The molecule has 0 radical (unpaired) electrons. The number of halogens is 3. The molecule has 0 aliphatic rings. The standard InChI is InChI=1S/C17H14F3NO/c1-2-6-13-11-14(17(18,19)20)9-10-15(13)21-16(22)12-7-4-3-5-8-12/h2-5,7-11H,1,6H2,(H,21,22). The summed E-state index contributed by atoms with van der Waals surface area (Å²) in [5.74, 6) is -0.370. The largest absolute Gasteiger partial charge is 0.416 e. The molecule has 2 aromatic rings. The summed E-state index contributed by atoms with van der Waals surface area (Å²) in [4.78, 5) is 12.1. The minimum absolute atomic E-state index is 0.230. The van der Waals surface area contributed by atoms with E-state index in [1.165, 1.54) is 12.1 Å². The molecule has 114 valence electrons. The molecule has 0 saturated carbocycles. The van der Waals surface area contributed by atoms with E-state index >= 15 is 0 Å². The first-order valence-electron chi connectivity index (χ1n) is 6.59. The van der Waals surface area contributed by atoms with E-state index in [0.29, 0.717) is 16.8 Å². The van der Waals surface area contributed by atoms with Gasteiger partial charge in [0.15, 0.2) is 0 Å². The molecule has 1 amide bonds. The highest BCUT2D eigenvalue weighted by Gasteiger charge is 2.31. The van der Waals surface area contributed by atoms with E-state index in [1.54, 1.807) is 30.3 Å². The zero-order chi connectivity index (χ0) is 16.2. The van der Waals surface area contributed by atoms with Crippen molar-refractivity contribution in [2.45, 2.75) is 12.6 Å². The Kier molecular flexibility index (Phi) is 4.65. The van der Waals surface area contributed by atoms with Crippen LogP contribution in [0.2, 0.25) is 0 Å². The molecular weight excluding hydrogens is 291 g/mol. The molecule has 0 heterocycles. The number of nitrogens with one attached hydrogen (secondary N) is 1. The third kappa shape index (κ3) is 3.75. The number of carbonyl (C=O) groups is 1. The molecule has 0 saturated heterocycles. The van der Waals surface area contributed by atoms with Crippen molar-refractivity contribution in [2.24, 2.45) is 0 Å².